The van der Waals surface area contributed by atoms with Gasteiger partial charge in [0.25, 0.3) is 0 Å². The number of ether oxygens (including phenoxy) is 1. The van der Waals surface area contributed by atoms with Crippen LogP contribution in [0.1, 0.15) is 22.8 Å². The van der Waals surface area contributed by atoms with Gasteiger partial charge in [-0.05, 0) is 24.6 Å². The van der Waals surface area contributed by atoms with Crippen LogP contribution in [0, 0.1) is 0 Å². The Morgan fingerprint density at radius 1 is 1.14 bits per heavy atom. The normalized spacial score (nSPS) is 11.6. The molecule has 0 aliphatic heterocycles. The molecule has 0 saturated carbocycles. The molecule has 28 heavy (non-hydrogen) atoms. The number of esters is 1. The zero-order chi connectivity index (χ0) is 19.9. The van der Waals surface area contributed by atoms with Crippen LogP contribution in [0.3, 0.4) is 0 Å². The molecule has 3 aromatic rings. The van der Waals surface area contributed by atoms with Gasteiger partial charge in [0.05, 0.1) is 23.6 Å². The molecule has 7 heteroatoms. The van der Waals surface area contributed by atoms with Crippen molar-refractivity contribution in [3.8, 4) is 11.3 Å². The third-order valence-electron chi connectivity index (χ3n) is 4.04. The van der Waals surface area contributed by atoms with Gasteiger partial charge in [0, 0.05) is 17.5 Å². The number of thiazole rings is 1. The van der Waals surface area contributed by atoms with E-state index in [0.717, 1.165) is 21.2 Å². The summed E-state index contributed by atoms with van der Waals surface area (Å²) in [6, 6.07) is 17.0. The van der Waals surface area contributed by atoms with Crippen molar-refractivity contribution in [2.75, 3.05) is 7.11 Å². The molecule has 0 aliphatic rings. The summed E-state index contributed by atoms with van der Waals surface area (Å²) in [4.78, 5) is 28.4. The van der Waals surface area contributed by atoms with Crippen LogP contribution in [0.5, 0.6) is 0 Å². The average Bonchev–Trinajstić information content (AvgIpc) is 3.21. The van der Waals surface area contributed by atoms with Crippen molar-refractivity contribution in [1.82, 2.24) is 10.3 Å². The van der Waals surface area contributed by atoms with E-state index in [0.29, 0.717) is 12.1 Å². The first-order valence-electron chi connectivity index (χ1n) is 8.69. The Balaban J connectivity index is 1.52. The second kappa shape index (κ2) is 9.52. The van der Waals surface area contributed by atoms with Crippen LogP contribution in [0.25, 0.3) is 11.3 Å². The molecule has 1 heterocycles. The number of aromatic nitrogens is 1. The molecule has 1 unspecified atom stereocenters. The van der Waals surface area contributed by atoms with Crippen molar-refractivity contribution in [2.45, 2.75) is 23.1 Å². The standard InChI is InChI=1S/C21H20N2O3S2/c1-14(28-21-23-18(13-27-21)16-6-4-3-5-7-16)19(24)22-12-15-8-10-17(11-9-15)20(25)26-2/h3-11,13-14H,12H2,1-2H3,(H,22,24). The van der Waals surface area contributed by atoms with Crippen molar-refractivity contribution in [3.63, 3.8) is 0 Å². The first-order chi connectivity index (χ1) is 13.6. The number of amides is 1. The van der Waals surface area contributed by atoms with E-state index >= 15 is 0 Å². The van der Waals surface area contributed by atoms with E-state index in [4.69, 9.17) is 0 Å². The molecule has 1 N–H and O–H groups in total. The molecule has 1 atom stereocenters. The number of thioether (sulfide) groups is 1. The van der Waals surface area contributed by atoms with E-state index in [-0.39, 0.29) is 17.1 Å². The van der Waals surface area contributed by atoms with E-state index in [1.165, 1.54) is 30.2 Å². The molecule has 0 bridgehead atoms. The average molecular weight is 413 g/mol. The molecule has 1 amide bonds. The number of benzene rings is 2. The second-order valence-electron chi connectivity index (χ2n) is 6.03. The molecule has 2 aromatic carbocycles. The zero-order valence-corrected chi connectivity index (χ0v) is 17.2. The van der Waals surface area contributed by atoms with Crippen LogP contribution < -0.4 is 5.32 Å². The third-order valence-corrected chi connectivity index (χ3v) is 6.11. The lowest BCUT2D eigenvalue weighted by Gasteiger charge is -2.11. The maximum Gasteiger partial charge on any atom is 0.337 e. The minimum absolute atomic E-state index is 0.0569. The van der Waals surface area contributed by atoms with Gasteiger partial charge < -0.3 is 10.1 Å². The van der Waals surface area contributed by atoms with Crippen LogP contribution in [-0.2, 0) is 16.1 Å². The highest BCUT2D eigenvalue weighted by Crippen LogP contribution is 2.30. The number of hydrogen-bond acceptors (Lipinski definition) is 6. The first-order valence-corrected chi connectivity index (χ1v) is 10.5. The summed E-state index contributed by atoms with van der Waals surface area (Å²) >= 11 is 2.98. The van der Waals surface area contributed by atoms with E-state index in [1.54, 1.807) is 24.3 Å². The Labute approximate surface area is 172 Å². The van der Waals surface area contributed by atoms with Crippen molar-refractivity contribution < 1.29 is 14.3 Å². The zero-order valence-electron chi connectivity index (χ0n) is 15.5. The van der Waals surface area contributed by atoms with Gasteiger partial charge >= 0.3 is 5.97 Å². The number of hydrogen-bond donors (Lipinski definition) is 1. The maximum atomic E-state index is 12.4. The second-order valence-corrected chi connectivity index (χ2v) is 8.48. The Morgan fingerprint density at radius 3 is 2.54 bits per heavy atom. The summed E-state index contributed by atoms with van der Waals surface area (Å²) in [6.45, 7) is 2.27. The lowest BCUT2D eigenvalue weighted by molar-refractivity contribution is -0.120. The molecular formula is C21H20N2O3S2. The van der Waals surface area contributed by atoms with Crippen LogP contribution >= 0.6 is 23.1 Å². The summed E-state index contributed by atoms with van der Waals surface area (Å²) in [5.74, 6) is -0.433. The lowest BCUT2D eigenvalue weighted by Crippen LogP contribution is -2.30. The summed E-state index contributed by atoms with van der Waals surface area (Å²) < 4.78 is 5.54. The van der Waals surface area contributed by atoms with E-state index in [2.05, 4.69) is 15.0 Å². The van der Waals surface area contributed by atoms with Gasteiger partial charge in [-0.25, -0.2) is 9.78 Å². The largest absolute Gasteiger partial charge is 0.465 e. The lowest BCUT2D eigenvalue weighted by atomic mass is 10.1. The summed E-state index contributed by atoms with van der Waals surface area (Å²) in [5.41, 5.74) is 3.39. The minimum atomic E-state index is -0.376. The van der Waals surface area contributed by atoms with Crippen molar-refractivity contribution in [3.05, 3.63) is 71.1 Å². The summed E-state index contributed by atoms with van der Waals surface area (Å²) in [7, 11) is 1.35. The van der Waals surface area contributed by atoms with Crippen molar-refractivity contribution in [1.29, 1.82) is 0 Å². The van der Waals surface area contributed by atoms with Gasteiger partial charge in [0.2, 0.25) is 5.91 Å². The highest BCUT2D eigenvalue weighted by molar-refractivity contribution is 8.02. The molecule has 0 spiro atoms. The van der Waals surface area contributed by atoms with Gasteiger partial charge in [-0.2, -0.15) is 0 Å². The van der Waals surface area contributed by atoms with E-state index < -0.39 is 0 Å². The van der Waals surface area contributed by atoms with E-state index in [9.17, 15) is 9.59 Å². The molecule has 1 aromatic heterocycles. The Bertz CT molecular complexity index is 940. The van der Waals surface area contributed by atoms with Crippen LogP contribution in [0.4, 0.5) is 0 Å². The monoisotopic (exact) mass is 412 g/mol. The molecule has 0 aliphatic carbocycles. The Kier molecular flexibility index (Phi) is 6.84. The third kappa shape index (κ3) is 5.21. The molecule has 5 nitrogen and oxygen atoms in total. The fraction of sp³-hybridized carbons (Fsp3) is 0.190. The number of nitrogens with one attached hydrogen (secondary N) is 1. The maximum absolute atomic E-state index is 12.4. The summed E-state index contributed by atoms with van der Waals surface area (Å²) in [6.07, 6.45) is 0. The molecule has 144 valence electrons. The minimum Gasteiger partial charge on any atom is -0.465 e. The number of carbonyl (C=O) groups is 2. The predicted octanol–water partition coefficient (Wildman–Crippen LogP) is 4.39. The first kappa shape index (κ1) is 20.1. The smallest absolute Gasteiger partial charge is 0.337 e. The fourth-order valence-electron chi connectivity index (χ4n) is 2.47. The van der Waals surface area contributed by atoms with Gasteiger partial charge in [0.15, 0.2) is 4.34 Å². The highest BCUT2D eigenvalue weighted by Gasteiger charge is 2.16. The summed E-state index contributed by atoms with van der Waals surface area (Å²) in [5, 5.41) is 4.67. The highest BCUT2D eigenvalue weighted by atomic mass is 32.2. The Hall–Kier alpha value is -2.64. The van der Waals surface area contributed by atoms with Crippen molar-refractivity contribution >= 4 is 35.0 Å². The van der Waals surface area contributed by atoms with E-state index in [1.807, 2.05) is 42.6 Å². The number of rotatable bonds is 7. The van der Waals surface area contributed by atoms with Crippen LogP contribution in [0.15, 0.2) is 64.3 Å². The van der Waals surface area contributed by atoms with Gasteiger partial charge in [-0.1, -0.05) is 54.2 Å². The number of carbonyl (C=O) groups excluding carboxylic acids is 2. The molecule has 0 fully saturated rings. The SMILES string of the molecule is COC(=O)c1ccc(CNC(=O)C(C)Sc2nc(-c3ccccc3)cs2)cc1. The van der Waals surface area contributed by atoms with Crippen LogP contribution in [0.2, 0.25) is 0 Å². The molecule has 0 saturated heterocycles. The van der Waals surface area contributed by atoms with Gasteiger partial charge in [0.1, 0.15) is 0 Å². The fourth-order valence-corrected chi connectivity index (χ4v) is 4.46. The van der Waals surface area contributed by atoms with Gasteiger partial charge in [-0.3, -0.25) is 4.79 Å². The quantitative estimate of drug-likeness (QED) is 0.460. The molecule has 0 radical (unpaired) electrons. The van der Waals surface area contributed by atoms with Gasteiger partial charge in [-0.15, -0.1) is 11.3 Å². The number of nitrogens with zero attached hydrogens (tertiary/aromatic N) is 1. The molecular weight excluding hydrogens is 392 g/mol. The van der Waals surface area contributed by atoms with Crippen LogP contribution in [-0.4, -0.2) is 29.2 Å². The molecule has 3 rings (SSSR count). The predicted molar refractivity (Wildman–Crippen MR) is 112 cm³/mol. The number of methoxy groups -OCH3 is 1. The Morgan fingerprint density at radius 2 is 1.86 bits per heavy atom. The topological polar surface area (TPSA) is 68.3 Å². The van der Waals surface area contributed by atoms with Crippen molar-refractivity contribution in [2.24, 2.45) is 0 Å².